The molecule has 0 bridgehead atoms. The van der Waals surface area contributed by atoms with E-state index in [1.807, 2.05) is 6.08 Å². The van der Waals surface area contributed by atoms with Gasteiger partial charge in [0.25, 0.3) is 0 Å². The summed E-state index contributed by atoms with van der Waals surface area (Å²) in [4.78, 5) is 10.9. The van der Waals surface area contributed by atoms with Crippen LogP contribution in [0.2, 0.25) is 0 Å². The van der Waals surface area contributed by atoms with Crippen molar-refractivity contribution in [2.45, 2.75) is 89.8 Å². The van der Waals surface area contributed by atoms with Crippen molar-refractivity contribution in [2.24, 2.45) is 0 Å². The van der Waals surface area contributed by atoms with Crippen molar-refractivity contribution in [3.63, 3.8) is 0 Å². The molecular weight excluding hydrogens is 328 g/mol. The maximum atomic E-state index is 10.9. The molecule has 0 aromatic heterocycles. The molecule has 1 rings (SSSR count). The molecule has 26 heavy (non-hydrogen) atoms. The second-order valence-corrected chi connectivity index (χ2v) is 7.04. The third-order valence-electron chi connectivity index (χ3n) is 4.83. The van der Waals surface area contributed by atoms with Gasteiger partial charge in [0.1, 0.15) is 0 Å². The van der Waals surface area contributed by atoms with E-state index >= 15 is 0 Å². The fraction of sp³-hybridized carbons (Fsp3) is 0.773. The Morgan fingerprint density at radius 1 is 0.923 bits per heavy atom. The molecule has 0 unspecified atom stereocenters. The zero-order chi connectivity index (χ0) is 18.9. The molecule has 1 aliphatic heterocycles. The van der Waals surface area contributed by atoms with Gasteiger partial charge in [-0.25, -0.2) is 4.79 Å². The monoisotopic (exact) mass is 366 g/mol. The highest BCUT2D eigenvalue weighted by Gasteiger charge is 2.34. The van der Waals surface area contributed by atoms with Gasteiger partial charge in [0, 0.05) is 18.9 Å². The zero-order valence-corrected chi connectivity index (χ0v) is 16.8. The van der Waals surface area contributed by atoms with E-state index in [-0.39, 0.29) is 11.8 Å². The van der Waals surface area contributed by atoms with Gasteiger partial charge >= 0.3 is 5.97 Å². The highest BCUT2D eigenvalue weighted by molar-refractivity contribution is 5.82. The van der Waals surface area contributed by atoms with Crippen LogP contribution in [0.1, 0.15) is 84.0 Å². The quantitative estimate of drug-likeness (QED) is 0.161. The molecule has 0 N–H and O–H groups in total. The molecule has 4 nitrogen and oxygen atoms in total. The van der Waals surface area contributed by atoms with Crippen molar-refractivity contribution < 1.29 is 19.0 Å². The Hall–Kier alpha value is -1.13. The highest BCUT2D eigenvalue weighted by Crippen LogP contribution is 2.31. The van der Waals surface area contributed by atoms with Crippen molar-refractivity contribution in [2.75, 3.05) is 20.3 Å². The Morgan fingerprint density at radius 3 is 2.15 bits per heavy atom. The molecule has 4 heteroatoms. The largest absolute Gasteiger partial charge is 0.466 e. The van der Waals surface area contributed by atoms with Crippen LogP contribution in [0.5, 0.6) is 0 Å². The van der Waals surface area contributed by atoms with Crippen LogP contribution in [-0.4, -0.2) is 32.1 Å². The lowest BCUT2D eigenvalue weighted by Gasteiger charge is -2.27. The molecule has 0 spiro atoms. The molecular formula is C22H38O4. The molecule has 0 amide bonds. The summed E-state index contributed by atoms with van der Waals surface area (Å²) in [6, 6.07) is 0. The fourth-order valence-electron chi connectivity index (χ4n) is 3.30. The second kappa shape index (κ2) is 15.0. The van der Waals surface area contributed by atoms with E-state index in [1.54, 1.807) is 6.08 Å². The van der Waals surface area contributed by atoms with Gasteiger partial charge in [-0.15, -0.1) is 0 Å². The topological polar surface area (TPSA) is 44.8 Å². The molecule has 150 valence electrons. The van der Waals surface area contributed by atoms with E-state index in [2.05, 4.69) is 17.7 Å². The third-order valence-corrected chi connectivity index (χ3v) is 4.83. The molecule has 0 saturated carbocycles. The van der Waals surface area contributed by atoms with Crippen LogP contribution in [0.4, 0.5) is 0 Å². The molecule has 0 atom stereocenters. The number of ether oxygens (including phenoxy) is 3. The number of rotatable bonds is 15. The maximum absolute atomic E-state index is 10.9. The number of esters is 1. The molecule has 1 aliphatic rings. The number of allylic oxidation sites excluding steroid dienone is 3. The lowest BCUT2D eigenvalue weighted by atomic mass is 9.99. The van der Waals surface area contributed by atoms with Crippen LogP contribution in [0.3, 0.4) is 0 Å². The normalized spacial score (nSPS) is 16.7. The van der Waals surface area contributed by atoms with Crippen LogP contribution < -0.4 is 0 Å². The number of hydrogen-bond acceptors (Lipinski definition) is 4. The van der Waals surface area contributed by atoms with Crippen LogP contribution in [0, 0.1) is 0 Å². The van der Waals surface area contributed by atoms with Crippen molar-refractivity contribution in [3.05, 3.63) is 24.3 Å². The summed E-state index contributed by atoms with van der Waals surface area (Å²) in [6.45, 7) is 3.75. The van der Waals surface area contributed by atoms with Crippen LogP contribution in [0.25, 0.3) is 0 Å². The molecule has 1 fully saturated rings. The van der Waals surface area contributed by atoms with Gasteiger partial charge in [-0.1, -0.05) is 63.7 Å². The SMILES string of the molecule is CCCCCCCC1(CCCCCC/C=C/C=C/C(=O)OC)OCCO1. The Bertz CT molecular complexity index is 408. The first-order valence-corrected chi connectivity index (χ1v) is 10.4. The molecule has 0 aromatic rings. The van der Waals surface area contributed by atoms with Gasteiger partial charge in [-0.05, 0) is 25.7 Å². The third kappa shape index (κ3) is 10.8. The van der Waals surface area contributed by atoms with Crippen LogP contribution >= 0.6 is 0 Å². The van der Waals surface area contributed by atoms with Crippen LogP contribution in [-0.2, 0) is 19.0 Å². The van der Waals surface area contributed by atoms with Crippen molar-refractivity contribution in [1.29, 1.82) is 0 Å². The van der Waals surface area contributed by atoms with Gasteiger partial charge in [0.15, 0.2) is 5.79 Å². The van der Waals surface area contributed by atoms with E-state index < -0.39 is 0 Å². The Morgan fingerprint density at radius 2 is 1.54 bits per heavy atom. The van der Waals surface area contributed by atoms with Gasteiger partial charge in [0.05, 0.1) is 20.3 Å². The summed E-state index contributed by atoms with van der Waals surface area (Å²) in [5.41, 5.74) is 0. The van der Waals surface area contributed by atoms with E-state index in [0.717, 1.165) is 32.5 Å². The van der Waals surface area contributed by atoms with Crippen LogP contribution in [0.15, 0.2) is 24.3 Å². The van der Waals surface area contributed by atoms with E-state index in [9.17, 15) is 4.79 Å². The van der Waals surface area contributed by atoms with E-state index in [1.165, 1.54) is 71.0 Å². The van der Waals surface area contributed by atoms with E-state index in [0.29, 0.717) is 0 Å². The smallest absolute Gasteiger partial charge is 0.330 e. The van der Waals surface area contributed by atoms with Gasteiger partial charge in [-0.2, -0.15) is 0 Å². The molecule has 0 radical (unpaired) electrons. The summed E-state index contributed by atoms with van der Waals surface area (Å²) in [7, 11) is 1.38. The lowest BCUT2D eigenvalue weighted by molar-refractivity contribution is -0.168. The van der Waals surface area contributed by atoms with Crippen molar-refractivity contribution >= 4 is 5.97 Å². The first kappa shape index (κ1) is 22.9. The average molecular weight is 367 g/mol. The molecule has 1 saturated heterocycles. The van der Waals surface area contributed by atoms with Gasteiger partial charge in [-0.3, -0.25) is 0 Å². The maximum Gasteiger partial charge on any atom is 0.330 e. The molecule has 0 aliphatic carbocycles. The number of unbranched alkanes of at least 4 members (excludes halogenated alkanes) is 8. The first-order valence-electron chi connectivity index (χ1n) is 10.4. The summed E-state index contributed by atoms with van der Waals surface area (Å²) in [6.07, 6.45) is 21.5. The predicted octanol–water partition coefficient (Wildman–Crippen LogP) is 5.72. The number of hydrogen-bond donors (Lipinski definition) is 0. The minimum absolute atomic E-state index is 0.287. The van der Waals surface area contributed by atoms with Gasteiger partial charge in [0.2, 0.25) is 0 Å². The second-order valence-electron chi connectivity index (χ2n) is 7.04. The summed E-state index contributed by atoms with van der Waals surface area (Å²) in [5, 5.41) is 0. The molecule has 0 aromatic carbocycles. The minimum atomic E-state index is -0.315. The van der Waals surface area contributed by atoms with Crippen molar-refractivity contribution in [3.8, 4) is 0 Å². The summed E-state index contributed by atoms with van der Waals surface area (Å²) >= 11 is 0. The predicted molar refractivity (Wildman–Crippen MR) is 106 cm³/mol. The summed E-state index contributed by atoms with van der Waals surface area (Å²) in [5.74, 6) is -0.601. The molecule has 1 heterocycles. The Labute approximate surface area is 160 Å². The number of carbonyl (C=O) groups is 1. The minimum Gasteiger partial charge on any atom is -0.466 e. The fourth-order valence-corrected chi connectivity index (χ4v) is 3.30. The number of carbonyl (C=O) groups excluding carboxylic acids is 1. The zero-order valence-electron chi connectivity index (χ0n) is 16.8. The highest BCUT2D eigenvalue weighted by atomic mass is 16.7. The summed E-state index contributed by atoms with van der Waals surface area (Å²) < 4.78 is 16.5. The average Bonchev–Trinajstić information content (AvgIpc) is 3.11. The standard InChI is InChI=1S/C22H38O4/c1-3-4-5-11-14-17-22(25-19-20-26-22)18-15-12-9-7-6-8-10-13-16-21(23)24-2/h8,10,13,16H,3-7,9,11-12,14-15,17-20H2,1-2H3/b10-8+,16-13+. The Kier molecular flexibility index (Phi) is 13.2. The van der Waals surface area contributed by atoms with Gasteiger partial charge < -0.3 is 14.2 Å². The van der Waals surface area contributed by atoms with Crippen molar-refractivity contribution in [1.82, 2.24) is 0 Å². The number of methoxy groups -OCH3 is 1. The first-order chi connectivity index (χ1) is 12.7. The Balaban J connectivity index is 2.07. The lowest BCUT2D eigenvalue weighted by Crippen LogP contribution is -2.30. The van der Waals surface area contributed by atoms with E-state index in [4.69, 9.17) is 9.47 Å².